The van der Waals surface area contributed by atoms with Crippen molar-refractivity contribution in [3.05, 3.63) is 23.8 Å². The molecule has 39 heavy (non-hydrogen) atoms. The van der Waals surface area contributed by atoms with Gasteiger partial charge in [0.05, 0.1) is 17.4 Å². The Balaban J connectivity index is 2.95. The van der Waals surface area contributed by atoms with Crippen molar-refractivity contribution in [1.29, 1.82) is 0 Å². The Morgan fingerprint density at radius 2 is 1.36 bits per heavy atom. The smallest absolute Gasteiger partial charge is 0.461 e. The monoisotopic (exact) mass is 551 g/mol. The molecule has 10 nitrogen and oxygen atoms in total. The lowest BCUT2D eigenvalue weighted by Crippen LogP contribution is -2.36. The first-order valence-electron chi connectivity index (χ1n) is 13.4. The van der Waals surface area contributed by atoms with Gasteiger partial charge in [0.2, 0.25) is 0 Å². The minimum absolute atomic E-state index is 0.0565. The van der Waals surface area contributed by atoms with Crippen LogP contribution in [0, 0.1) is 16.7 Å². The Morgan fingerprint density at radius 1 is 0.821 bits per heavy atom. The summed E-state index contributed by atoms with van der Waals surface area (Å²) in [6.07, 6.45) is -0.413. The summed E-state index contributed by atoms with van der Waals surface area (Å²) in [5.74, 6) is -1.34. The van der Waals surface area contributed by atoms with Crippen molar-refractivity contribution in [2.45, 2.75) is 93.7 Å². The first-order chi connectivity index (χ1) is 18.0. The van der Waals surface area contributed by atoms with Gasteiger partial charge in [-0.1, -0.05) is 33.8 Å². The molecule has 2 N–H and O–H groups in total. The Labute approximate surface area is 231 Å². The minimum atomic E-state index is -1.05. The fraction of sp³-hybridized carbons (Fsp3) is 0.655. The molecular weight excluding hydrogens is 506 g/mol. The molecule has 0 saturated heterocycles. The van der Waals surface area contributed by atoms with Gasteiger partial charge >= 0.3 is 24.1 Å². The first-order valence-corrected chi connectivity index (χ1v) is 13.4. The van der Waals surface area contributed by atoms with E-state index < -0.39 is 47.0 Å². The summed E-state index contributed by atoms with van der Waals surface area (Å²) in [6.45, 7) is 16.2. The summed E-state index contributed by atoms with van der Waals surface area (Å²) in [4.78, 5) is 49.6. The highest BCUT2D eigenvalue weighted by molar-refractivity contribution is 5.81. The van der Waals surface area contributed by atoms with Gasteiger partial charge in [0.15, 0.2) is 11.5 Å². The van der Waals surface area contributed by atoms with Crippen LogP contribution >= 0.6 is 0 Å². The summed E-state index contributed by atoms with van der Waals surface area (Å²) in [5.41, 5.74) is 5.12. The number of hydrogen-bond donors (Lipinski definition) is 1. The fourth-order valence-electron chi connectivity index (χ4n) is 2.72. The molecule has 1 aromatic rings. The second kappa shape index (κ2) is 14.9. The van der Waals surface area contributed by atoms with Crippen LogP contribution in [-0.4, -0.2) is 49.4 Å². The third kappa shape index (κ3) is 11.2. The summed E-state index contributed by atoms with van der Waals surface area (Å²) in [5, 5.41) is 0. The van der Waals surface area contributed by atoms with Gasteiger partial charge in [-0.3, -0.25) is 14.4 Å². The molecule has 0 aromatic heterocycles. The Hall–Kier alpha value is -3.14. The van der Waals surface area contributed by atoms with Gasteiger partial charge in [0.25, 0.3) is 0 Å². The fourth-order valence-corrected chi connectivity index (χ4v) is 2.72. The van der Waals surface area contributed by atoms with E-state index in [1.807, 2.05) is 27.7 Å². The van der Waals surface area contributed by atoms with E-state index in [1.165, 1.54) is 12.1 Å². The normalized spacial score (nSPS) is 13.3. The molecule has 0 amide bonds. The second-order valence-electron chi connectivity index (χ2n) is 11.4. The topological polar surface area (TPSA) is 140 Å². The van der Waals surface area contributed by atoms with Gasteiger partial charge in [0, 0.05) is 0 Å². The molecule has 220 valence electrons. The quantitative estimate of drug-likeness (QED) is 0.248. The van der Waals surface area contributed by atoms with Crippen molar-refractivity contribution in [3.63, 3.8) is 0 Å². The van der Waals surface area contributed by atoms with E-state index in [0.717, 1.165) is 0 Å². The maximum Gasteiger partial charge on any atom is 0.508 e. The summed E-state index contributed by atoms with van der Waals surface area (Å²) in [6, 6.07) is 3.62. The Morgan fingerprint density at radius 3 is 1.87 bits per heavy atom. The third-order valence-corrected chi connectivity index (χ3v) is 6.34. The molecule has 0 bridgehead atoms. The number of ether oxygens (including phenoxy) is 5. The molecule has 10 heteroatoms. The molecule has 0 heterocycles. The molecule has 0 saturated carbocycles. The van der Waals surface area contributed by atoms with E-state index in [9.17, 15) is 19.2 Å². The molecule has 0 aliphatic rings. The van der Waals surface area contributed by atoms with Gasteiger partial charge in [-0.2, -0.15) is 0 Å². The van der Waals surface area contributed by atoms with Crippen LogP contribution in [0.2, 0.25) is 0 Å². The largest absolute Gasteiger partial charge is 0.508 e. The zero-order chi connectivity index (χ0) is 30.0. The van der Waals surface area contributed by atoms with E-state index in [4.69, 9.17) is 29.4 Å². The van der Waals surface area contributed by atoms with Crippen molar-refractivity contribution in [1.82, 2.24) is 0 Å². The number of carbonyl (C=O) groups is 4. The van der Waals surface area contributed by atoms with Crippen LogP contribution in [0.4, 0.5) is 4.79 Å². The molecule has 0 aliphatic heterocycles. The highest BCUT2D eigenvalue weighted by atomic mass is 16.7. The van der Waals surface area contributed by atoms with E-state index in [1.54, 1.807) is 40.7 Å². The average molecular weight is 552 g/mol. The van der Waals surface area contributed by atoms with Crippen molar-refractivity contribution < 1.29 is 42.9 Å². The minimum Gasteiger partial charge on any atom is -0.461 e. The number of benzene rings is 1. The van der Waals surface area contributed by atoms with Crippen LogP contribution < -0.4 is 15.2 Å². The summed E-state index contributed by atoms with van der Waals surface area (Å²) < 4.78 is 26.4. The summed E-state index contributed by atoms with van der Waals surface area (Å²) in [7, 11) is 0. The predicted molar refractivity (Wildman–Crippen MR) is 145 cm³/mol. The maximum absolute atomic E-state index is 12.8. The van der Waals surface area contributed by atoms with Crippen molar-refractivity contribution >= 4 is 24.1 Å². The maximum atomic E-state index is 12.8. The molecule has 0 radical (unpaired) electrons. The van der Waals surface area contributed by atoms with Gasteiger partial charge in [-0.25, -0.2) is 4.79 Å². The van der Waals surface area contributed by atoms with Crippen LogP contribution in [0.15, 0.2) is 18.2 Å². The van der Waals surface area contributed by atoms with Gasteiger partial charge in [-0.05, 0) is 77.5 Å². The second-order valence-corrected chi connectivity index (χ2v) is 11.4. The van der Waals surface area contributed by atoms with Crippen LogP contribution in [0.5, 0.6) is 11.5 Å². The van der Waals surface area contributed by atoms with Gasteiger partial charge in [0.1, 0.15) is 18.8 Å². The van der Waals surface area contributed by atoms with Gasteiger partial charge in [-0.15, -0.1) is 0 Å². The number of carbonyl (C=O) groups excluding carboxylic acids is 4. The standard InChI is InChI=1S/C29H45NO9/c1-10-28(6,7)25(32)38-22-13-12-20(15-23(22)39-26(33)29(8,9)11-2)14-21(30)24(31)35-17-19(5)37-27(34)36-16-18(3)4/h12-13,15,18-19,21H,10-11,14,16-17,30H2,1-9H3/t19-,21-/m0/s1. The Bertz CT molecular complexity index is 1000. The average Bonchev–Trinajstić information content (AvgIpc) is 2.87. The zero-order valence-electron chi connectivity index (χ0n) is 24.8. The Kier molecular flexibility index (Phi) is 12.9. The van der Waals surface area contributed by atoms with E-state index in [2.05, 4.69) is 0 Å². The van der Waals surface area contributed by atoms with E-state index in [-0.39, 0.29) is 37.1 Å². The van der Waals surface area contributed by atoms with Crippen molar-refractivity contribution in [3.8, 4) is 11.5 Å². The highest BCUT2D eigenvalue weighted by Crippen LogP contribution is 2.34. The van der Waals surface area contributed by atoms with Crippen LogP contribution in [-0.2, 0) is 35.0 Å². The van der Waals surface area contributed by atoms with Gasteiger partial charge < -0.3 is 29.4 Å². The first kappa shape index (κ1) is 33.9. The molecule has 1 rings (SSSR count). The summed E-state index contributed by atoms with van der Waals surface area (Å²) >= 11 is 0. The van der Waals surface area contributed by atoms with Crippen molar-refractivity contribution in [2.24, 2.45) is 22.5 Å². The van der Waals surface area contributed by atoms with Crippen LogP contribution in [0.3, 0.4) is 0 Å². The van der Waals surface area contributed by atoms with E-state index >= 15 is 0 Å². The number of hydrogen-bond acceptors (Lipinski definition) is 10. The number of esters is 3. The van der Waals surface area contributed by atoms with Crippen LogP contribution in [0.1, 0.15) is 80.7 Å². The molecule has 2 atom stereocenters. The van der Waals surface area contributed by atoms with Crippen molar-refractivity contribution in [2.75, 3.05) is 13.2 Å². The molecule has 0 spiro atoms. The SMILES string of the molecule is CCC(C)(C)C(=O)Oc1ccc(C[C@H](N)C(=O)OC[C@H](C)OC(=O)OCC(C)C)cc1OC(=O)C(C)(C)CC. The lowest BCUT2D eigenvalue weighted by Gasteiger charge is -2.23. The molecule has 0 unspecified atom stereocenters. The lowest BCUT2D eigenvalue weighted by molar-refractivity contribution is -0.148. The number of nitrogens with two attached hydrogens (primary N) is 1. The van der Waals surface area contributed by atoms with Crippen LogP contribution in [0.25, 0.3) is 0 Å². The molecule has 0 fully saturated rings. The highest BCUT2D eigenvalue weighted by Gasteiger charge is 2.31. The number of rotatable bonds is 14. The van der Waals surface area contributed by atoms with E-state index in [0.29, 0.717) is 18.4 Å². The predicted octanol–water partition coefficient (Wildman–Crippen LogP) is 4.98. The molecule has 1 aromatic carbocycles. The molecule has 0 aliphatic carbocycles. The third-order valence-electron chi connectivity index (χ3n) is 6.34. The lowest BCUT2D eigenvalue weighted by atomic mass is 9.90. The molecular formula is C29H45NO9. The zero-order valence-corrected chi connectivity index (χ0v) is 24.8.